The SMILES string of the molecule is CN(c1ccccc1Nc1nc(Nc2ccc(OCCN3CCCCC3)cc2)ncc1F)S(C)(=O)=O. The minimum absolute atomic E-state index is 0.0838. The highest BCUT2D eigenvalue weighted by molar-refractivity contribution is 7.92. The summed E-state index contributed by atoms with van der Waals surface area (Å²) in [5.74, 6) is 0.201. The van der Waals surface area contributed by atoms with E-state index in [9.17, 15) is 12.8 Å². The first-order valence-electron chi connectivity index (χ1n) is 11.8. The standard InChI is InChI=1S/C25H31FN6O3S/c1-31(36(2,33)34)23-9-5-4-8-22(23)29-24-21(26)18-27-25(30-24)28-19-10-12-20(13-11-19)35-17-16-32-14-6-3-7-15-32/h4-5,8-13,18H,3,6-7,14-17H2,1-2H3,(H2,27,28,29,30). The molecule has 0 atom stereocenters. The van der Waals surface area contributed by atoms with Gasteiger partial charge in [-0.1, -0.05) is 18.6 Å². The van der Waals surface area contributed by atoms with Crippen molar-refractivity contribution in [3.63, 3.8) is 0 Å². The van der Waals surface area contributed by atoms with Crippen molar-refractivity contribution >= 4 is 38.9 Å². The average molecular weight is 515 g/mol. The van der Waals surface area contributed by atoms with Crippen LogP contribution in [0.2, 0.25) is 0 Å². The zero-order chi connectivity index (χ0) is 25.5. The van der Waals surface area contributed by atoms with Crippen molar-refractivity contribution in [1.82, 2.24) is 14.9 Å². The molecule has 3 aromatic rings. The Bertz CT molecular complexity index is 1270. The van der Waals surface area contributed by atoms with Gasteiger partial charge in [-0.05, 0) is 62.3 Å². The highest BCUT2D eigenvalue weighted by Gasteiger charge is 2.17. The zero-order valence-electron chi connectivity index (χ0n) is 20.4. The van der Waals surface area contributed by atoms with E-state index < -0.39 is 15.8 Å². The van der Waals surface area contributed by atoms with E-state index in [0.29, 0.717) is 23.7 Å². The Balaban J connectivity index is 1.40. The molecule has 1 saturated heterocycles. The molecule has 0 saturated carbocycles. The molecular weight excluding hydrogens is 483 g/mol. The van der Waals surface area contributed by atoms with Crippen LogP contribution < -0.4 is 19.7 Å². The summed E-state index contributed by atoms with van der Waals surface area (Å²) in [7, 11) is -2.07. The van der Waals surface area contributed by atoms with E-state index in [1.54, 1.807) is 24.3 Å². The number of likely N-dealkylation sites (tertiary alicyclic amines) is 1. The summed E-state index contributed by atoms with van der Waals surface area (Å²) in [6, 6.07) is 14.1. The minimum atomic E-state index is -3.50. The second-order valence-corrected chi connectivity index (χ2v) is 10.7. The van der Waals surface area contributed by atoms with Gasteiger partial charge in [-0.15, -0.1) is 0 Å². The van der Waals surface area contributed by atoms with Crippen LogP contribution in [0.3, 0.4) is 0 Å². The van der Waals surface area contributed by atoms with Crippen molar-refractivity contribution in [1.29, 1.82) is 0 Å². The lowest BCUT2D eigenvalue weighted by Gasteiger charge is -2.26. The maximum absolute atomic E-state index is 14.5. The quantitative estimate of drug-likeness (QED) is 0.412. The van der Waals surface area contributed by atoms with E-state index in [0.717, 1.165) is 42.1 Å². The van der Waals surface area contributed by atoms with Crippen LogP contribution in [-0.2, 0) is 10.0 Å². The number of para-hydroxylation sites is 2. The molecule has 0 bridgehead atoms. The molecule has 4 rings (SSSR count). The predicted octanol–water partition coefficient (Wildman–Crippen LogP) is 4.36. The van der Waals surface area contributed by atoms with E-state index in [2.05, 4.69) is 25.5 Å². The van der Waals surface area contributed by atoms with Gasteiger partial charge in [0.1, 0.15) is 12.4 Å². The highest BCUT2D eigenvalue weighted by Crippen LogP contribution is 2.30. The number of hydrogen-bond donors (Lipinski definition) is 2. The number of anilines is 5. The normalized spacial score (nSPS) is 14.3. The molecule has 2 N–H and O–H groups in total. The number of sulfonamides is 1. The molecule has 2 aromatic carbocycles. The van der Waals surface area contributed by atoms with Gasteiger partial charge in [0, 0.05) is 19.3 Å². The Kier molecular flexibility index (Phi) is 8.21. The van der Waals surface area contributed by atoms with Gasteiger partial charge in [0.25, 0.3) is 0 Å². The van der Waals surface area contributed by atoms with Crippen molar-refractivity contribution in [2.45, 2.75) is 19.3 Å². The molecule has 0 amide bonds. The van der Waals surface area contributed by atoms with Crippen molar-refractivity contribution in [3.05, 3.63) is 60.5 Å². The number of benzene rings is 2. The van der Waals surface area contributed by atoms with Crippen LogP contribution in [-0.4, -0.2) is 62.8 Å². The number of hydrogen-bond acceptors (Lipinski definition) is 8. The van der Waals surface area contributed by atoms with E-state index in [-0.39, 0.29) is 11.8 Å². The number of ether oxygens (including phenoxy) is 1. The topological polar surface area (TPSA) is 99.7 Å². The fraction of sp³-hybridized carbons (Fsp3) is 0.360. The van der Waals surface area contributed by atoms with E-state index in [1.165, 1.54) is 26.3 Å². The van der Waals surface area contributed by atoms with Crippen LogP contribution in [0.15, 0.2) is 54.7 Å². The summed E-state index contributed by atoms with van der Waals surface area (Å²) >= 11 is 0. The fourth-order valence-corrected chi connectivity index (χ4v) is 4.43. The van der Waals surface area contributed by atoms with Gasteiger partial charge in [0.15, 0.2) is 11.6 Å². The van der Waals surface area contributed by atoms with Crippen LogP contribution >= 0.6 is 0 Å². The molecule has 11 heteroatoms. The summed E-state index contributed by atoms with van der Waals surface area (Å²) in [6.45, 7) is 3.84. The maximum atomic E-state index is 14.5. The molecule has 9 nitrogen and oxygen atoms in total. The Morgan fingerprint density at radius 2 is 1.78 bits per heavy atom. The third-order valence-electron chi connectivity index (χ3n) is 5.97. The summed E-state index contributed by atoms with van der Waals surface area (Å²) in [4.78, 5) is 10.7. The minimum Gasteiger partial charge on any atom is -0.492 e. The van der Waals surface area contributed by atoms with Crippen molar-refractivity contribution in [3.8, 4) is 5.75 Å². The molecule has 1 aliphatic heterocycles. The second-order valence-electron chi connectivity index (χ2n) is 8.66. The summed E-state index contributed by atoms with van der Waals surface area (Å²) in [6.07, 6.45) is 5.98. The number of rotatable bonds is 10. The molecule has 0 spiro atoms. The lowest BCUT2D eigenvalue weighted by Crippen LogP contribution is -2.33. The number of halogens is 1. The molecule has 0 aliphatic carbocycles. The summed E-state index contributed by atoms with van der Waals surface area (Å²) < 4.78 is 45.5. The molecular formula is C25H31FN6O3S. The van der Waals surface area contributed by atoms with Gasteiger partial charge < -0.3 is 15.4 Å². The number of nitrogens with zero attached hydrogens (tertiary/aromatic N) is 4. The third kappa shape index (κ3) is 6.82. The van der Waals surface area contributed by atoms with E-state index >= 15 is 0 Å². The summed E-state index contributed by atoms with van der Waals surface area (Å²) in [5.41, 5.74) is 1.47. The van der Waals surface area contributed by atoms with E-state index in [4.69, 9.17) is 4.74 Å². The highest BCUT2D eigenvalue weighted by atomic mass is 32.2. The van der Waals surface area contributed by atoms with Gasteiger partial charge in [-0.2, -0.15) is 4.98 Å². The van der Waals surface area contributed by atoms with Gasteiger partial charge >= 0.3 is 0 Å². The van der Waals surface area contributed by atoms with Gasteiger partial charge in [-0.25, -0.2) is 17.8 Å². The molecule has 0 unspecified atom stereocenters. The van der Waals surface area contributed by atoms with Gasteiger partial charge in [-0.3, -0.25) is 9.21 Å². The first kappa shape index (κ1) is 25.6. The number of piperidine rings is 1. The van der Waals surface area contributed by atoms with E-state index in [1.807, 2.05) is 24.3 Å². The van der Waals surface area contributed by atoms with Crippen LogP contribution in [0.4, 0.5) is 33.2 Å². The van der Waals surface area contributed by atoms with Gasteiger partial charge in [0.2, 0.25) is 16.0 Å². The molecule has 36 heavy (non-hydrogen) atoms. The monoisotopic (exact) mass is 514 g/mol. The molecule has 1 aliphatic rings. The average Bonchev–Trinajstić information content (AvgIpc) is 2.87. The summed E-state index contributed by atoms with van der Waals surface area (Å²) in [5, 5.41) is 5.94. The second kappa shape index (κ2) is 11.5. The largest absolute Gasteiger partial charge is 0.492 e. The Hall–Kier alpha value is -3.44. The molecule has 0 radical (unpaired) electrons. The van der Waals surface area contributed by atoms with Crippen molar-refractivity contribution < 1.29 is 17.5 Å². The predicted molar refractivity (Wildman–Crippen MR) is 140 cm³/mol. The van der Waals surface area contributed by atoms with Gasteiger partial charge in [0.05, 0.1) is 23.8 Å². The third-order valence-corrected chi connectivity index (χ3v) is 7.16. The number of nitrogens with one attached hydrogen (secondary N) is 2. The molecule has 2 heterocycles. The lowest BCUT2D eigenvalue weighted by atomic mass is 10.1. The van der Waals surface area contributed by atoms with Crippen LogP contribution in [0, 0.1) is 5.82 Å². The van der Waals surface area contributed by atoms with Crippen LogP contribution in [0.5, 0.6) is 5.75 Å². The molecule has 1 aromatic heterocycles. The maximum Gasteiger partial charge on any atom is 0.232 e. The zero-order valence-corrected chi connectivity index (χ0v) is 21.3. The fourth-order valence-electron chi connectivity index (χ4n) is 3.91. The first-order chi connectivity index (χ1) is 17.3. The van der Waals surface area contributed by atoms with Crippen molar-refractivity contribution in [2.24, 2.45) is 0 Å². The van der Waals surface area contributed by atoms with Crippen molar-refractivity contribution in [2.75, 3.05) is 54.5 Å². The molecule has 192 valence electrons. The Labute approximate surface area is 211 Å². The first-order valence-corrected chi connectivity index (χ1v) is 13.7. The number of aromatic nitrogens is 2. The molecule has 1 fully saturated rings. The Morgan fingerprint density at radius 3 is 2.50 bits per heavy atom. The smallest absolute Gasteiger partial charge is 0.232 e. The Morgan fingerprint density at radius 1 is 1.06 bits per heavy atom. The lowest BCUT2D eigenvalue weighted by molar-refractivity contribution is 0.183. The van der Waals surface area contributed by atoms with Crippen LogP contribution in [0.1, 0.15) is 19.3 Å². The van der Waals surface area contributed by atoms with Crippen LogP contribution in [0.25, 0.3) is 0 Å².